The van der Waals surface area contributed by atoms with Gasteiger partial charge in [0.1, 0.15) is 24.4 Å². The van der Waals surface area contributed by atoms with Crippen molar-refractivity contribution in [3.05, 3.63) is 0 Å². The lowest BCUT2D eigenvalue weighted by Crippen LogP contribution is -2.59. The molecule has 8 nitrogen and oxygen atoms in total. The van der Waals surface area contributed by atoms with Gasteiger partial charge in [-0.15, -0.1) is 0 Å². The van der Waals surface area contributed by atoms with Gasteiger partial charge in [0.15, 0.2) is 6.29 Å². The van der Waals surface area contributed by atoms with Gasteiger partial charge in [0.05, 0.1) is 19.1 Å². The van der Waals surface area contributed by atoms with Crippen LogP contribution in [0.2, 0.25) is 0 Å². The zero-order valence-corrected chi connectivity index (χ0v) is 14.4. The molecule has 0 aromatic heterocycles. The summed E-state index contributed by atoms with van der Waals surface area (Å²) in [5.41, 5.74) is 0. The number of rotatable bonds is 8. The topological polar surface area (TPSA) is 137 Å². The van der Waals surface area contributed by atoms with Gasteiger partial charge >= 0.3 is 5.97 Å². The number of ether oxygens (including phenoxy) is 2. The predicted molar refractivity (Wildman–Crippen MR) is 86.7 cm³/mol. The molecule has 146 valence electrons. The van der Waals surface area contributed by atoms with Crippen molar-refractivity contribution in [2.45, 2.75) is 88.2 Å². The maximum absolute atomic E-state index is 11.1. The maximum Gasteiger partial charge on any atom is 0.305 e. The Labute approximate surface area is 147 Å². The molecule has 1 saturated carbocycles. The molecule has 1 aliphatic carbocycles. The molecule has 8 heteroatoms. The lowest BCUT2D eigenvalue weighted by molar-refractivity contribution is -0.312. The normalized spacial score (nSPS) is 35.4. The molecule has 0 spiro atoms. The van der Waals surface area contributed by atoms with Crippen LogP contribution in [0.5, 0.6) is 0 Å². The number of hydrogen-bond donors (Lipinski definition) is 5. The Hall–Kier alpha value is -0.770. The van der Waals surface area contributed by atoms with Crippen LogP contribution in [0.25, 0.3) is 0 Å². The summed E-state index contributed by atoms with van der Waals surface area (Å²) < 4.78 is 10.9. The van der Waals surface area contributed by atoms with E-state index in [1.165, 1.54) is 19.3 Å². The standard InChI is InChI=1S/C17H30O8/c18-9-12-14(21)15(22)16(23)17(25-12)24-11(8-13(19)20)7-6-10-4-2-1-3-5-10/h10-12,14-18,21-23H,1-9H2,(H,19,20). The summed E-state index contributed by atoms with van der Waals surface area (Å²) in [4.78, 5) is 11.1. The summed E-state index contributed by atoms with van der Waals surface area (Å²) in [6.45, 7) is -0.545. The molecule has 5 N–H and O–H groups in total. The molecule has 0 aromatic rings. The molecule has 1 aliphatic heterocycles. The largest absolute Gasteiger partial charge is 0.481 e. The third-order valence-corrected chi connectivity index (χ3v) is 5.20. The highest BCUT2D eigenvalue weighted by Gasteiger charge is 2.44. The minimum Gasteiger partial charge on any atom is -0.481 e. The summed E-state index contributed by atoms with van der Waals surface area (Å²) >= 11 is 0. The highest BCUT2D eigenvalue weighted by Crippen LogP contribution is 2.30. The Morgan fingerprint density at radius 2 is 1.76 bits per heavy atom. The average Bonchev–Trinajstić information content (AvgIpc) is 2.60. The fourth-order valence-electron chi connectivity index (χ4n) is 3.68. The van der Waals surface area contributed by atoms with Gasteiger partial charge < -0.3 is 35.0 Å². The van der Waals surface area contributed by atoms with Gasteiger partial charge in [-0.2, -0.15) is 0 Å². The van der Waals surface area contributed by atoms with E-state index in [1.807, 2.05) is 0 Å². The Balaban J connectivity index is 1.93. The highest BCUT2D eigenvalue weighted by atomic mass is 16.7. The Morgan fingerprint density at radius 3 is 2.36 bits per heavy atom. The first kappa shape index (κ1) is 20.5. The first-order valence-corrected chi connectivity index (χ1v) is 9.10. The van der Waals surface area contributed by atoms with Crippen LogP contribution in [0, 0.1) is 5.92 Å². The van der Waals surface area contributed by atoms with Crippen LogP contribution < -0.4 is 0 Å². The molecule has 0 amide bonds. The van der Waals surface area contributed by atoms with E-state index in [1.54, 1.807) is 0 Å². The second kappa shape index (κ2) is 9.80. The first-order chi connectivity index (χ1) is 11.9. The lowest BCUT2D eigenvalue weighted by Gasteiger charge is -2.40. The monoisotopic (exact) mass is 362 g/mol. The summed E-state index contributed by atoms with van der Waals surface area (Å²) in [6.07, 6.45) is -0.467. The van der Waals surface area contributed by atoms with Crippen molar-refractivity contribution in [1.29, 1.82) is 0 Å². The average molecular weight is 362 g/mol. The van der Waals surface area contributed by atoms with Crippen LogP contribution in [-0.2, 0) is 14.3 Å². The van der Waals surface area contributed by atoms with Crippen molar-refractivity contribution >= 4 is 5.97 Å². The fourth-order valence-corrected chi connectivity index (χ4v) is 3.68. The molecular formula is C17H30O8. The maximum atomic E-state index is 11.1. The zero-order valence-electron chi connectivity index (χ0n) is 14.4. The molecule has 2 rings (SSSR count). The van der Waals surface area contributed by atoms with Crippen molar-refractivity contribution < 1.29 is 39.8 Å². The van der Waals surface area contributed by atoms with E-state index in [0.717, 1.165) is 19.3 Å². The van der Waals surface area contributed by atoms with Crippen molar-refractivity contribution in [3.63, 3.8) is 0 Å². The minimum absolute atomic E-state index is 0.234. The second-order valence-electron chi connectivity index (χ2n) is 7.13. The third-order valence-electron chi connectivity index (χ3n) is 5.20. The molecular weight excluding hydrogens is 332 g/mol. The van der Waals surface area contributed by atoms with E-state index < -0.39 is 49.4 Å². The van der Waals surface area contributed by atoms with Gasteiger partial charge in [0, 0.05) is 0 Å². The molecule has 0 aromatic carbocycles. The van der Waals surface area contributed by atoms with Crippen LogP contribution in [0.3, 0.4) is 0 Å². The van der Waals surface area contributed by atoms with Crippen molar-refractivity contribution in [2.24, 2.45) is 5.92 Å². The van der Waals surface area contributed by atoms with E-state index >= 15 is 0 Å². The minimum atomic E-state index is -1.53. The van der Waals surface area contributed by atoms with Crippen LogP contribution in [0.1, 0.15) is 51.4 Å². The third kappa shape index (κ3) is 5.87. The number of aliphatic hydroxyl groups is 4. The molecule has 1 saturated heterocycles. The molecule has 2 aliphatic rings. The van der Waals surface area contributed by atoms with Gasteiger partial charge in [-0.25, -0.2) is 0 Å². The van der Waals surface area contributed by atoms with Gasteiger partial charge in [0.25, 0.3) is 0 Å². The molecule has 1 heterocycles. The quantitative estimate of drug-likeness (QED) is 0.407. The van der Waals surface area contributed by atoms with Crippen LogP contribution in [0.15, 0.2) is 0 Å². The summed E-state index contributed by atoms with van der Waals surface area (Å²) in [5, 5.41) is 47.9. The molecule has 6 unspecified atom stereocenters. The van der Waals surface area contributed by atoms with Gasteiger partial charge in [0.2, 0.25) is 0 Å². The molecule has 6 atom stereocenters. The van der Waals surface area contributed by atoms with Crippen molar-refractivity contribution in [3.8, 4) is 0 Å². The molecule has 25 heavy (non-hydrogen) atoms. The van der Waals surface area contributed by atoms with Crippen LogP contribution in [-0.4, -0.2) is 74.9 Å². The summed E-state index contributed by atoms with van der Waals surface area (Å²) in [6, 6.07) is 0. The summed E-state index contributed by atoms with van der Waals surface area (Å²) in [5.74, 6) is -0.457. The second-order valence-corrected chi connectivity index (χ2v) is 7.13. The number of carboxylic acids is 1. The van der Waals surface area contributed by atoms with E-state index in [9.17, 15) is 25.2 Å². The molecule has 0 radical (unpaired) electrons. The SMILES string of the molecule is O=C(O)CC(CCC1CCCCC1)OC1OC(CO)C(O)C(O)C1O. The predicted octanol–water partition coefficient (Wildman–Crippen LogP) is 0.00670. The number of aliphatic carboxylic acids is 1. The highest BCUT2D eigenvalue weighted by molar-refractivity contribution is 5.67. The number of hydrogen-bond acceptors (Lipinski definition) is 7. The van der Waals surface area contributed by atoms with E-state index in [2.05, 4.69) is 0 Å². The zero-order chi connectivity index (χ0) is 18.4. The number of aliphatic hydroxyl groups excluding tert-OH is 4. The lowest BCUT2D eigenvalue weighted by atomic mass is 9.85. The van der Waals surface area contributed by atoms with E-state index in [0.29, 0.717) is 12.3 Å². The van der Waals surface area contributed by atoms with Crippen molar-refractivity contribution in [1.82, 2.24) is 0 Å². The summed E-state index contributed by atoms with van der Waals surface area (Å²) in [7, 11) is 0. The molecule has 2 fully saturated rings. The first-order valence-electron chi connectivity index (χ1n) is 9.10. The Kier molecular flexibility index (Phi) is 8.05. The fraction of sp³-hybridized carbons (Fsp3) is 0.941. The Bertz CT molecular complexity index is 409. The number of carboxylic acid groups (broad SMARTS) is 1. The molecule has 0 bridgehead atoms. The van der Waals surface area contributed by atoms with E-state index in [-0.39, 0.29) is 6.42 Å². The van der Waals surface area contributed by atoms with Gasteiger partial charge in [-0.1, -0.05) is 32.1 Å². The van der Waals surface area contributed by atoms with Crippen molar-refractivity contribution in [2.75, 3.05) is 6.61 Å². The van der Waals surface area contributed by atoms with Gasteiger partial charge in [-0.3, -0.25) is 4.79 Å². The van der Waals surface area contributed by atoms with E-state index in [4.69, 9.17) is 14.6 Å². The van der Waals surface area contributed by atoms with Gasteiger partial charge in [-0.05, 0) is 18.8 Å². The van der Waals surface area contributed by atoms with Crippen LogP contribution in [0.4, 0.5) is 0 Å². The Morgan fingerprint density at radius 1 is 1.08 bits per heavy atom. The number of carbonyl (C=O) groups is 1. The smallest absolute Gasteiger partial charge is 0.305 e. The van der Waals surface area contributed by atoms with Crippen LogP contribution >= 0.6 is 0 Å².